The Morgan fingerprint density at radius 3 is 2.33 bits per heavy atom. The summed E-state index contributed by atoms with van der Waals surface area (Å²) in [6.07, 6.45) is 0.293. The second-order valence-corrected chi connectivity index (χ2v) is 6.98. The lowest BCUT2D eigenvalue weighted by Gasteiger charge is -2.36. The summed E-state index contributed by atoms with van der Waals surface area (Å²) in [6.45, 7) is 3.70. The molecule has 2 rings (SSSR count). The molecule has 1 saturated heterocycles. The molecule has 0 aromatic rings. The van der Waals surface area contributed by atoms with Gasteiger partial charge >= 0.3 is 6.18 Å². The lowest BCUT2D eigenvalue weighted by molar-refractivity contribution is -0.184. The summed E-state index contributed by atoms with van der Waals surface area (Å²) in [5.41, 5.74) is 0. The Kier molecular flexibility index (Phi) is 8.81. The van der Waals surface area contributed by atoms with E-state index >= 15 is 0 Å². The average molecular weight is 372 g/mol. The van der Waals surface area contributed by atoms with Crippen molar-refractivity contribution < 1.29 is 18.0 Å². The van der Waals surface area contributed by atoms with Gasteiger partial charge in [-0.1, -0.05) is 19.8 Å². The number of carbonyl (C=O) groups is 1. The SMILES string of the molecule is CC1CCC(CC(=O)NCC(N2CCNCC2)C(F)(F)F)CC1.Cl. The van der Waals surface area contributed by atoms with E-state index in [1.807, 2.05) is 0 Å². The van der Waals surface area contributed by atoms with Gasteiger partial charge in [-0.05, 0) is 24.7 Å². The second kappa shape index (κ2) is 9.82. The molecule has 1 saturated carbocycles. The molecule has 0 radical (unpaired) electrons. The molecule has 4 nitrogen and oxygen atoms in total. The van der Waals surface area contributed by atoms with E-state index in [0.717, 1.165) is 25.7 Å². The molecule has 2 aliphatic rings. The van der Waals surface area contributed by atoms with E-state index in [-0.39, 0.29) is 24.9 Å². The zero-order valence-corrected chi connectivity index (χ0v) is 15.0. The van der Waals surface area contributed by atoms with E-state index in [1.54, 1.807) is 0 Å². The number of hydrogen-bond acceptors (Lipinski definition) is 3. The molecule has 1 atom stereocenters. The van der Waals surface area contributed by atoms with Crippen LogP contribution in [0.2, 0.25) is 0 Å². The lowest BCUT2D eigenvalue weighted by Crippen LogP contribution is -2.57. The monoisotopic (exact) mass is 371 g/mol. The summed E-state index contributed by atoms with van der Waals surface area (Å²) in [5.74, 6) is 0.792. The fourth-order valence-electron chi connectivity index (χ4n) is 3.52. The van der Waals surface area contributed by atoms with Gasteiger partial charge in [0.1, 0.15) is 6.04 Å². The Hall–Kier alpha value is -0.530. The number of rotatable bonds is 5. The van der Waals surface area contributed by atoms with Crippen LogP contribution >= 0.6 is 12.4 Å². The highest BCUT2D eigenvalue weighted by Gasteiger charge is 2.43. The first kappa shape index (κ1) is 21.5. The third kappa shape index (κ3) is 6.76. The van der Waals surface area contributed by atoms with Crippen molar-refractivity contribution in [2.75, 3.05) is 32.7 Å². The van der Waals surface area contributed by atoms with Crippen LogP contribution in [0.3, 0.4) is 0 Å². The van der Waals surface area contributed by atoms with Crippen molar-refractivity contribution >= 4 is 18.3 Å². The maximum absolute atomic E-state index is 13.2. The summed E-state index contributed by atoms with van der Waals surface area (Å²) < 4.78 is 39.7. The normalized spacial score (nSPS) is 27.2. The Balaban J connectivity index is 0.00000288. The van der Waals surface area contributed by atoms with Crippen molar-refractivity contribution in [3.05, 3.63) is 0 Å². The summed E-state index contributed by atoms with van der Waals surface area (Å²) in [4.78, 5) is 13.4. The van der Waals surface area contributed by atoms with Crippen LogP contribution in [0.15, 0.2) is 0 Å². The molecule has 1 amide bonds. The van der Waals surface area contributed by atoms with Crippen molar-refractivity contribution in [1.82, 2.24) is 15.5 Å². The van der Waals surface area contributed by atoms with E-state index in [9.17, 15) is 18.0 Å². The number of nitrogens with one attached hydrogen (secondary N) is 2. The lowest BCUT2D eigenvalue weighted by atomic mass is 9.81. The van der Waals surface area contributed by atoms with E-state index in [4.69, 9.17) is 0 Å². The smallest absolute Gasteiger partial charge is 0.354 e. The summed E-state index contributed by atoms with van der Waals surface area (Å²) in [5, 5.41) is 5.57. The summed E-state index contributed by atoms with van der Waals surface area (Å²) >= 11 is 0. The van der Waals surface area contributed by atoms with Gasteiger partial charge in [0, 0.05) is 39.1 Å². The van der Waals surface area contributed by atoms with Gasteiger partial charge in [-0.25, -0.2) is 0 Å². The third-order valence-electron chi connectivity index (χ3n) is 5.07. The Morgan fingerprint density at radius 2 is 1.79 bits per heavy atom. The van der Waals surface area contributed by atoms with Gasteiger partial charge in [0.25, 0.3) is 0 Å². The summed E-state index contributed by atoms with van der Waals surface area (Å²) in [6, 6.07) is -1.58. The number of piperazine rings is 1. The molecule has 1 heterocycles. The van der Waals surface area contributed by atoms with Crippen LogP contribution in [0.1, 0.15) is 39.0 Å². The topological polar surface area (TPSA) is 44.4 Å². The van der Waals surface area contributed by atoms with E-state index in [1.165, 1.54) is 4.90 Å². The molecule has 1 aliphatic carbocycles. The molecular formula is C16H29ClF3N3O. The Bertz CT molecular complexity index is 381. The molecule has 2 N–H and O–H groups in total. The third-order valence-corrected chi connectivity index (χ3v) is 5.07. The molecule has 2 fully saturated rings. The van der Waals surface area contributed by atoms with Crippen LogP contribution in [0, 0.1) is 11.8 Å². The first-order chi connectivity index (χ1) is 10.9. The zero-order valence-electron chi connectivity index (χ0n) is 14.2. The molecule has 142 valence electrons. The largest absolute Gasteiger partial charge is 0.405 e. The number of amides is 1. The highest BCUT2D eigenvalue weighted by atomic mass is 35.5. The molecule has 0 aromatic heterocycles. The first-order valence-electron chi connectivity index (χ1n) is 8.64. The zero-order chi connectivity index (χ0) is 16.9. The quantitative estimate of drug-likeness (QED) is 0.780. The van der Waals surface area contributed by atoms with Crippen molar-refractivity contribution in [2.45, 2.75) is 51.2 Å². The van der Waals surface area contributed by atoms with Crippen molar-refractivity contribution in [2.24, 2.45) is 11.8 Å². The molecule has 0 bridgehead atoms. The maximum Gasteiger partial charge on any atom is 0.405 e. The second-order valence-electron chi connectivity index (χ2n) is 6.98. The van der Waals surface area contributed by atoms with Crippen LogP contribution in [0.4, 0.5) is 13.2 Å². The maximum atomic E-state index is 13.2. The van der Waals surface area contributed by atoms with Gasteiger partial charge in [-0.15, -0.1) is 12.4 Å². The molecule has 1 aliphatic heterocycles. The van der Waals surface area contributed by atoms with Gasteiger partial charge in [0.05, 0.1) is 0 Å². The summed E-state index contributed by atoms with van der Waals surface area (Å²) in [7, 11) is 0. The average Bonchev–Trinajstić information content (AvgIpc) is 2.49. The van der Waals surface area contributed by atoms with Crippen molar-refractivity contribution in [3.63, 3.8) is 0 Å². The molecule has 0 aromatic carbocycles. The highest BCUT2D eigenvalue weighted by molar-refractivity contribution is 5.85. The highest BCUT2D eigenvalue weighted by Crippen LogP contribution is 2.30. The number of nitrogens with zero attached hydrogens (tertiary/aromatic N) is 1. The Morgan fingerprint density at radius 1 is 1.21 bits per heavy atom. The first-order valence-corrected chi connectivity index (χ1v) is 8.64. The van der Waals surface area contributed by atoms with Gasteiger partial charge in [0.2, 0.25) is 5.91 Å². The number of alkyl halides is 3. The van der Waals surface area contributed by atoms with Crippen LogP contribution in [-0.2, 0) is 4.79 Å². The van der Waals surface area contributed by atoms with Gasteiger partial charge in [-0.3, -0.25) is 9.69 Å². The minimum atomic E-state index is -4.31. The van der Waals surface area contributed by atoms with Crippen molar-refractivity contribution in [1.29, 1.82) is 0 Å². The molecule has 24 heavy (non-hydrogen) atoms. The molecular weight excluding hydrogens is 343 g/mol. The number of carbonyl (C=O) groups excluding carboxylic acids is 1. The molecule has 0 spiro atoms. The van der Waals surface area contributed by atoms with Crippen LogP contribution in [0.25, 0.3) is 0 Å². The van der Waals surface area contributed by atoms with Gasteiger partial charge < -0.3 is 10.6 Å². The van der Waals surface area contributed by atoms with Crippen LogP contribution < -0.4 is 10.6 Å². The predicted molar refractivity (Wildman–Crippen MR) is 90.3 cm³/mol. The van der Waals surface area contributed by atoms with E-state index < -0.39 is 12.2 Å². The van der Waals surface area contributed by atoms with Crippen LogP contribution in [-0.4, -0.2) is 55.7 Å². The van der Waals surface area contributed by atoms with Gasteiger partial charge in [0.15, 0.2) is 0 Å². The fourth-order valence-corrected chi connectivity index (χ4v) is 3.52. The van der Waals surface area contributed by atoms with Crippen LogP contribution in [0.5, 0.6) is 0 Å². The Labute approximate surface area is 148 Å². The minimum absolute atomic E-state index is 0. The van der Waals surface area contributed by atoms with E-state index in [0.29, 0.717) is 44.4 Å². The number of hydrogen-bond donors (Lipinski definition) is 2. The van der Waals surface area contributed by atoms with E-state index in [2.05, 4.69) is 17.6 Å². The van der Waals surface area contributed by atoms with Crippen molar-refractivity contribution in [3.8, 4) is 0 Å². The predicted octanol–water partition coefficient (Wildman–Crippen LogP) is 2.58. The fraction of sp³-hybridized carbons (Fsp3) is 0.938. The number of halogens is 4. The molecule has 8 heteroatoms. The molecule has 1 unspecified atom stereocenters. The standard InChI is InChI=1S/C16H28F3N3O.ClH/c1-12-2-4-13(5-3-12)10-15(23)21-11-14(16(17,18)19)22-8-6-20-7-9-22;/h12-14,20H,2-11H2,1H3,(H,21,23);1H. The minimum Gasteiger partial charge on any atom is -0.354 e. The van der Waals surface area contributed by atoms with Gasteiger partial charge in [-0.2, -0.15) is 13.2 Å².